The van der Waals surface area contributed by atoms with Crippen LogP contribution in [0.25, 0.3) is 10.9 Å². The van der Waals surface area contributed by atoms with Gasteiger partial charge in [-0.3, -0.25) is 24.0 Å². The molecule has 0 spiro atoms. The number of aliphatic hydroxyl groups is 1. The van der Waals surface area contributed by atoms with Crippen molar-refractivity contribution >= 4 is 28.6 Å². The smallest absolute Gasteiger partial charge is 0.281 e. The molecule has 0 bridgehead atoms. The molecule has 4 saturated heterocycles. The van der Waals surface area contributed by atoms with Crippen molar-refractivity contribution in [3.8, 4) is 0 Å². The summed E-state index contributed by atoms with van der Waals surface area (Å²) in [5.41, 5.74) is 1.93. The van der Waals surface area contributed by atoms with Crippen molar-refractivity contribution in [2.75, 3.05) is 20.1 Å². The van der Waals surface area contributed by atoms with Gasteiger partial charge in [0.15, 0.2) is 0 Å². The zero-order valence-corrected chi connectivity index (χ0v) is 25.2. The molecule has 0 saturated carbocycles. The summed E-state index contributed by atoms with van der Waals surface area (Å²) >= 11 is 0. The summed E-state index contributed by atoms with van der Waals surface area (Å²) < 4.78 is 6.45. The fraction of sp³-hybridized carbons (Fsp3) is 0.656. The third kappa shape index (κ3) is 3.77. The molecule has 4 aliphatic heterocycles. The van der Waals surface area contributed by atoms with Crippen LogP contribution in [0, 0.1) is 17.8 Å². The number of nitrogens with one attached hydrogen (secondary N) is 2. The van der Waals surface area contributed by atoms with Gasteiger partial charge in [-0.25, -0.2) is 0 Å². The highest BCUT2D eigenvalue weighted by molar-refractivity contribution is 5.97. The van der Waals surface area contributed by atoms with Crippen molar-refractivity contribution in [3.05, 3.63) is 35.5 Å². The average molecular weight is 578 g/mol. The maximum atomic E-state index is 14.4. The van der Waals surface area contributed by atoms with E-state index in [0.29, 0.717) is 32.4 Å². The quantitative estimate of drug-likeness (QED) is 0.503. The predicted octanol–water partition coefficient (Wildman–Crippen LogP) is 2.52. The maximum Gasteiger partial charge on any atom is 0.281 e. The van der Waals surface area contributed by atoms with E-state index in [9.17, 15) is 19.5 Å². The average Bonchev–Trinajstić information content (AvgIpc) is 3.65. The van der Waals surface area contributed by atoms with Gasteiger partial charge in [-0.05, 0) is 62.3 Å². The standard InChI is InChI=1S/C32H43N5O5/c1-17(2)12-25-29(39)36-11-7-10-26(36)32(41)37(25)30(40)31(42-32,18(3)4)34-28(38)20-13-22-21-8-6-9-23-27(21)19(15-33-23)14-24(22)35(5)16-20/h6,8-9,15,17-18,20,22,24-26,33,41H,7,10-14,16H2,1-5H3,(H,34,38)/t20-,22-,24-,25-,26-,31-,32+/m1/s1. The molecule has 0 radical (unpaired) electrons. The molecule has 3 N–H and O–H groups in total. The summed E-state index contributed by atoms with van der Waals surface area (Å²) in [4.78, 5) is 50.8. The topological polar surface area (TPSA) is 118 Å². The minimum atomic E-state index is -1.99. The van der Waals surface area contributed by atoms with Gasteiger partial charge in [0.1, 0.15) is 12.1 Å². The number of amides is 3. The molecule has 7 atom stereocenters. The van der Waals surface area contributed by atoms with E-state index < -0.39 is 35.5 Å². The molecule has 3 amide bonds. The summed E-state index contributed by atoms with van der Waals surface area (Å²) in [7, 11) is 2.07. The number of aromatic amines is 1. The van der Waals surface area contributed by atoms with Gasteiger partial charge in [0.05, 0.1) is 5.92 Å². The molecule has 0 unspecified atom stereocenters. The van der Waals surface area contributed by atoms with Crippen LogP contribution in [0.2, 0.25) is 0 Å². The number of nitrogens with zero attached hydrogens (tertiary/aromatic N) is 3. The van der Waals surface area contributed by atoms with Crippen LogP contribution in [0.3, 0.4) is 0 Å². The number of piperidine rings is 1. The molecule has 5 heterocycles. The zero-order chi connectivity index (χ0) is 29.7. The minimum absolute atomic E-state index is 0.116. The number of piperazine rings is 1. The normalized spacial score (nSPS) is 36.1. The number of ether oxygens (including phenoxy) is 1. The molecule has 42 heavy (non-hydrogen) atoms. The highest BCUT2D eigenvalue weighted by atomic mass is 16.7. The first-order valence-electron chi connectivity index (χ1n) is 15.6. The van der Waals surface area contributed by atoms with Gasteiger partial charge in [0, 0.05) is 48.1 Å². The van der Waals surface area contributed by atoms with Crippen LogP contribution < -0.4 is 5.32 Å². The highest BCUT2D eigenvalue weighted by Crippen LogP contribution is 2.49. The van der Waals surface area contributed by atoms with Crippen LogP contribution in [-0.2, 0) is 25.5 Å². The first-order valence-corrected chi connectivity index (χ1v) is 15.6. The first-order chi connectivity index (χ1) is 20.0. The first kappa shape index (κ1) is 27.9. The molecule has 226 valence electrons. The second kappa shape index (κ2) is 9.53. The number of fused-ring (bicyclic) bond motifs is 5. The van der Waals surface area contributed by atoms with E-state index in [-0.39, 0.29) is 35.6 Å². The van der Waals surface area contributed by atoms with E-state index in [2.05, 4.69) is 46.6 Å². The number of benzene rings is 1. The Bertz CT molecular complexity index is 1450. The van der Waals surface area contributed by atoms with E-state index in [0.717, 1.165) is 18.4 Å². The van der Waals surface area contributed by atoms with Crippen LogP contribution in [0.4, 0.5) is 0 Å². The van der Waals surface area contributed by atoms with E-state index in [1.54, 1.807) is 4.90 Å². The third-order valence-corrected chi connectivity index (χ3v) is 10.7. The summed E-state index contributed by atoms with van der Waals surface area (Å²) in [6, 6.07) is 5.13. The minimum Gasteiger partial charge on any atom is -0.361 e. The molecular formula is C32H43N5O5. The van der Waals surface area contributed by atoms with Crippen molar-refractivity contribution in [3.63, 3.8) is 0 Å². The Morgan fingerprint density at radius 3 is 2.76 bits per heavy atom. The Hall–Kier alpha value is -2.95. The molecule has 10 nitrogen and oxygen atoms in total. The lowest BCUT2D eigenvalue weighted by Gasteiger charge is -2.49. The Kier molecular flexibility index (Phi) is 6.32. The molecule has 1 aromatic carbocycles. The predicted molar refractivity (Wildman–Crippen MR) is 156 cm³/mol. The molecule has 4 fully saturated rings. The van der Waals surface area contributed by atoms with Gasteiger partial charge in [-0.1, -0.05) is 39.8 Å². The van der Waals surface area contributed by atoms with Crippen molar-refractivity contribution in [1.82, 2.24) is 25.0 Å². The second-order valence-corrected chi connectivity index (χ2v) is 14.0. The van der Waals surface area contributed by atoms with Gasteiger partial charge in [0.25, 0.3) is 11.8 Å². The molecule has 5 aliphatic rings. The van der Waals surface area contributed by atoms with Gasteiger partial charge in [0.2, 0.25) is 17.5 Å². The lowest BCUT2D eigenvalue weighted by atomic mass is 9.72. The molecule has 7 rings (SSSR count). The lowest BCUT2D eigenvalue weighted by molar-refractivity contribution is -0.322. The Balaban J connectivity index is 1.20. The third-order valence-electron chi connectivity index (χ3n) is 10.7. The summed E-state index contributed by atoms with van der Waals surface area (Å²) in [5, 5.41) is 16.4. The van der Waals surface area contributed by atoms with Crippen LogP contribution in [0.5, 0.6) is 0 Å². The van der Waals surface area contributed by atoms with E-state index in [1.165, 1.54) is 21.4 Å². The fourth-order valence-electron chi connectivity index (χ4n) is 8.63. The van der Waals surface area contributed by atoms with Gasteiger partial charge < -0.3 is 25.2 Å². The van der Waals surface area contributed by atoms with Gasteiger partial charge >= 0.3 is 0 Å². The summed E-state index contributed by atoms with van der Waals surface area (Å²) in [6.07, 6.45) is 5.36. The van der Waals surface area contributed by atoms with Gasteiger partial charge in [-0.2, -0.15) is 0 Å². The number of carbonyl (C=O) groups excluding carboxylic acids is 3. The highest BCUT2D eigenvalue weighted by Gasteiger charge is 2.72. The number of hydrogen-bond acceptors (Lipinski definition) is 6. The van der Waals surface area contributed by atoms with Crippen molar-refractivity contribution in [2.45, 2.75) is 95.5 Å². The lowest BCUT2D eigenvalue weighted by Crippen LogP contribution is -2.71. The second-order valence-electron chi connectivity index (χ2n) is 14.0. The number of likely N-dealkylation sites (N-methyl/N-ethyl adjacent to an activating group) is 1. The summed E-state index contributed by atoms with van der Waals surface area (Å²) in [6.45, 7) is 8.73. The van der Waals surface area contributed by atoms with Crippen molar-refractivity contribution in [2.24, 2.45) is 17.8 Å². The van der Waals surface area contributed by atoms with E-state index in [1.807, 2.05) is 27.7 Å². The summed E-state index contributed by atoms with van der Waals surface area (Å²) in [5.74, 6) is -3.48. The monoisotopic (exact) mass is 577 g/mol. The number of aromatic nitrogens is 1. The largest absolute Gasteiger partial charge is 0.361 e. The van der Waals surface area contributed by atoms with Gasteiger partial charge in [-0.15, -0.1) is 0 Å². The molecule has 1 aliphatic carbocycles. The molecule has 2 aromatic rings. The molecule has 1 aromatic heterocycles. The zero-order valence-electron chi connectivity index (χ0n) is 25.2. The number of likely N-dealkylation sites (tertiary alicyclic amines) is 1. The number of carbonyl (C=O) groups is 3. The van der Waals surface area contributed by atoms with Crippen LogP contribution in [0.15, 0.2) is 24.4 Å². The van der Waals surface area contributed by atoms with Crippen LogP contribution in [0.1, 0.15) is 70.4 Å². The molecular weight excluding hydrogens is 534 g/mol. The SMILES string of the molecule is CC(C)C[C@@H]1C(=O)N2CCC[C@@H]2[C@]2(O)O[C@](NC(=O)[C@@H]3C[C@@H]4c5cccc6[nH]cc(c56)C[C@H]4N(C)C3)(C(C)C)C(=O)N12. The van der Waals surface area contributed by atoms with E-state index in [4.69, 9.17) is 4.74 Å². The Morgan fingerprint density at radius 1 is 1.24 bits per heavy atom. The number of rotatable bonds is 5. The number of H-pyrrole nitrogens is 1. The Morgan fingerprint density at radius 2 is 2.02 bits per heavy atom. The van der Waals surface area contributed by atoms with Crippen molar-refractivity contribution < 1.29 is 24.2 Å². The number of hydrogen-bond donors (Lipinski definition) is 3. The fourth-order valence-corrected chi connectivity index (χ4v) is 8.63. The maximum absolute atomic E-state index is 14.4. The van der Waals surface area contributed by atoms with Crippen molar-refractivity contribution in [1.29, 1.82) is 0 Å². The molecule has 10 heteroatoms. The van der Waals surface area contributed by atoms with E-state index >= 15 is 0 Å². The van der Waals surface area contributed by atoms with Crippen LogP contribution in [-0.4, -0.2) is 92.4 Å². The Labute approximate surface area is 246 Å². The van der Waals surface area contributed by atoms with Crippen LogP contribution >= 0.6 is 0 Å².